The molecule has 0 aromatic carbocycles. The summed E-state index contributed by atoms with van der Waals surface area (Å²) >= 11 is 5.50. The first-order valence-electron chi connectivity index (χ1n) is 4.11. The Morgan fingerprint density at radius 1 is 1.17 bits per heavy atom. The van der Waals surface area contributed by atoms with Crippen molar-refractivity contribution >= 4 is 11.6 Å². The predicted octanol–water partition coefficient (Wildman–Crippen LogP) is 2.57. The van der Waals surface area contributed by atoms with Crippen LogP contribution in [0.2, 0.25) is 0 Å². The molecule has 0 amide bonds. The molecule has 0 N–H and O–H groups in total. The summed E-state index contributed by atoms with van der Waals surface area (Å²) in [5, 5.41) is 0. The van der Waals surface area contributed by atoms with Gasteiger partial charge < -0.3 is 9.47 Å². The number of alkyl halides is 1. The number of hydrogen-bond acceptors (Lipinski definition) is 2. The van der Waals surface area contributed by atoms with Crippen molar-refractivity contribution in [1.82, 2.24) is 0 Å². The molecule has 0 unspecified atom stereocenters. The fourth-order valence-electron chi connectivity index (χ4n) is 0.863. The van der Waals surface area contributed by atoms with Crippen molar-refractivity contribution in [2.24, 2.45) is 0 Å². The van der Waals surface area contributed by atoms with Gasteiger partial charge in [-0.25, -0.2) is 0 Å². The highest BCUT2D eigenvalue weighted by Crippen LogP contribution is 2.02. The second kappa shape index (κ2) is 9.04. The molecule has 0 atom stereocenters. The van der Waals surface area contributed by atoms with E-state index in [4.69, 9.17) is 21.1 Å². The van der Waals surface area contributed by atoms with Gasteiger partial charge in [-0.05, 0) is 12.8 Å². The zero-order valence-electron chi connectivity index (χ0n) is 7.75. The molecule has 0 fully saturated rings. The first kappa shape index (κ1) is 11.9. The maximum absolute atomic E-state index is 5.50. The first-order valence-corrected chi connectivity index (χ1v) is 4.65. The summed E-state index contributed by atoms with van der Waals surface area (Å²) in [6, 6.07) is 0. The molecule has 0 saturated carbocycles. The molecular weight excluding hydrogens is 176 g/mol. The second-order valence-corrected chi connectivity index (χ2v) is 2.81. The summed E-state index contributed by atoms with van der Waals surface area (Å²) in [6.45, 7) is 0. The van der Waals surface area contributed by atoms with Crippen LogP contribution in [-0.4, -0.2) is 26.4 Å². The number of methoxy groups -OCH3 is 2. The van der Waals surface area contributed by atoms with Crippen molar-refractivity contribution in [3.8, 4) is 0 Å². The molecule has 2 nitrogen and oxygen atoms in total. The second-order valence-electron chi connectivity index (χ2n) is 2.43. The van der Waals surface area contributed by atoms with E-state index in [1.54, 1.807) is 14.2 Å². The molecule has 0 radical (unpaired) electrons. The third-order valence-corrected chi connectivity index (χ3v) is 1.76. The van der Waals surface area contributed by atoms with Crippen LogP contribution in [-0.2, 0) is 9.47 Å². The minimum atomic E-state index is -0.0781. The van der Waals surface area contributed by atoms with E-state index in [2.05, 4.69) is 12.2 Å². The Kier molecular flexibility index (Phi) is 9.00. The highest BCUT2D eigenvalue weighted by molar-refractivity contribution is 6.17. The summed E-state index contributed by atoms with van der Waals surface area (Å²) in [6.07, 6.45) is 6.91. The fourth-order valence-corrected chi connectivity index (χ4v) is 0.989. The first-order chi connectivity index (χ1) is 5.85. The molecule has 0 spiro atoms. The molecular formula is C9H17ClO2. The fraction of sp³-hybridized carbons (Fsp3) is 0.778. The van der Waals surface area contributed by atoms with Crippen molar-refractivity contribution in [2.75, 3.05) is 20.1 Å². The number of halogens is 1. The Morgan fingerprint density at radius 3 is 2.25 bits per heavy atom. The Balaban J connectivity index is 3.27. The van der Waals surface area contributed by atoms with Crippen LogP contribution in [0.5, 0.6) is 0 Å². The highest BCUT2D eigenvalue weighted by Gasteiger charge is 2.01. The molecule has 72 valence electrons. The van der Waals surface area contributed by atoms with E-state index in [1.807, 2.05) is 0 Å². The van der Waals surface area contributed by atoms with Crippen LogP contribution in [0.3, 0.4) is 0 Å². The summed E-state index contributed by atoms with van der Waals surface area (Å²) in [4.78, 5) is 0. The predicted molar refractivity (Wildman–Crippen MR) is 51.5 cm³/mol. The third-order valence-electron chi connectivity index (χ3n) is 1.54. The number of allylic oxidation sites excluding steroid dienone is 2. The van der Waals surface area contributed by atoms with E-state index in [1.165, 1.54) is 0 Å². The van der Waals surface area contributed by atoms with Crippen LogP contribution >= 0.6 is 11.6 Å². The molecule has 0 aromatic rings. The van der Waals surface area contributed by atoms with Crippen LogP contribution < -0.4 is 0 Å². The van der Waals surface area contributed by atoms with Crippen LogP contribution in [0.1, 0.15) is 19.3 Å². The lowest BCUT2D eigenvalue weighted by atomic mass is 10.2. The molecule has 0 bridgehead atoms. The monoisotopic (exact) mass is 192 g/mol. The van der Waals surface area contributed by atoms with E-state index in [9.17, 15) is 0 Å². The molecule has 0 aromatic heterocycles. The molecule has 12 heavy (non-hydrogen) atoms. The van der Waals surface area contributed by atoms with Crippen molar-refractivity contribution in [1.29, 1.82) is 0 Å². The van der Waals surface area contributed by atoms with E-state index in [-0.39, 0.29) is 6.29 Å². The van der Waals surface area contributed by atoms with Crippen molar-refractivity contribution in [3.63, 3.8) is 0 Å². The minimum Gasteiger partial charge on any atom is -0.356 e. The van der Waals surface area contributed by atoms with Gasteiger partial charge in [0.25, 0.3) is 0 Å². The normalized spacial score (nSPS) is 11.7. The number of ether oxygens (including phenoxy) is 2. The van der Waals surface area contributed by atoms with Gasteiger partial charge in [0.1, 0.15) is 0 Å². The van der Waals surface area contributed by atoms with Gasteiger partial charge in [-0.1, -0.05) is 12.2 Å². The summed E-state index contributed by atoms with van der Waals surface area (Å²) in [5.41, 5.74) is 0. The van der Waals surface area contributed by atoms with Gasteiger partial charge in [-0.15, -0.1) is 11.6 Å². The standard InChI is InChI=1S/C9H17ClO2/c1-11-9(12-2)7-5-3-4-6-8-10/h3-4,9H,5-8H2,1-2H3/b4-3+. The van der Waals surface area contributed by atoms with Crippen molar-refractivity contribution in [3.05, 3.63) is 12.2 Å². The van der Waals surface area contributed by atoms with E-state index < -0.39 is 0 Å². The zero-order valence-corrected chi connectivity index (χ0v) is 8.51. The number of rotatable bonds is 7. The van der Waals surface area contributed by atoms with Gasteiger partial charge >= 0.3 is 0 Å². The molecule has 0 aliphatic carbocycles. The minimum absolute atomic E-state index is 0.0781. The maximum Gasteiger partial charge on any atom is 0.157 e. The van der Waals surface area contributed by atoms with Crippen LogP contribution in [0, 0.1) is 0 Å². The largest absolute Gasteiger partial charge is 0.356 e. The summed E-state index contributed by atoms with van der Waals surface area (Å²) in [7, 11) is 3.30. The topological polar surface area (TPSA) is 18.5 Å². The van der Waals surface area contributed by atoms with Gasteiger partial charge in [0.15, 0.2) is 6.29 Å². The van der Waals surface area contributed by atoms with Crippen molar-refractivity contribution in [2.45, 2.75) is 25.6 Å². The summed E-state index contributed by atoms with van der Waals surface area (Å²) in [5.74, 6) is 0.689. The molecule has 0 saturated heterocycles. The lowest BCUT2D eigenvalue weighted by Gasteiger charge is -2.10. The zero-order chi connectivity index (χ0) is 9.23. The van der Waals surface area contributed by atoms with Gasteiger partial charge in [-0.2, -0.15) is 0 Å². The average molecular weight is 193 g/mol. The lowest BCUT2D eigenvalue weighted by Crippen LogP contribution is -2.11. The van der Waals surface area contributed by atoms with Crippen molar-refractivity contribution < 1.29 is 9.47 Å². The van der Waals surface area contributed by atoms with Gasteiger partial charge in [-0.3, -0.25) is 0 Å². The Bertz CT molecular complexity index is 111. The van der Waals surface area contributed by atoms with Gasteiger partial charge in [0.05, 0.1) is 0 Å². The van der Waals surface area contributed by atoms with Crippen LogP contribution in [0.4, 0.5) is 0 Å². The van der Waals surface area contributed by atoms with E-state index >= 15 is 0 Å². The maximum atomic E-state index is 5.50. The Morgan fingerprint density at radius 2 is 1.75 bits per heavy atom. The average Bonchev–Trinajstić information content (AvgIpc) is 2.11. The summed E-state index contributed by atoms with van der Waals surface area (Å²) < 4.78 is 10.0. The third kappa shape index (κ3) is 6.65. The van der Waals surface area contributed by atoms with E-state index in [0.29, 0.717) is 5.88 Å². The van der Waals surface area contributed by atoms with Crippen LogP contribution in [0.15, 0.2) is 12.2 Å². The Labute approximate surface area is 79.5 Å². The lowest BCUT2D eigenvalue weighted by molar-refractivity contribution is -0.105. The smallest absolute Gasteiger partial charge is 0.157 e. The quantitative estimate of drug-likeness (QED) is 0.351. The highest BCUT2D eigenvalue weighted by atomic mass is 35.5. The van der Waals surface area contributed by atoms with Gasteiger partial charge in [0.2, 0.25) is 0 Å². The SMILES string of the molecule is COC(CC/C=C/CCCl)OC. The molecule has 0 heterocycles. The molecule has 3 heteroatoms. The molecule has 0 aliphatic rings. The molecule has 0 aliphatic heterocycles. The van der Waals surface area contributed by atoms with E-state index in [0.717, 1.165) is 19.3 Å². The number of hydrogen-bond donors (Lipinski definition) is 0. The molecule has 0 rings (SSSR count). The van der Waals surface area contributed by atoms with Gasteiger partial charge in [0, 0.05) is 26.5 Å². The Hall–Kier alpha value is -0.0500. The van der Waals surface area contributed by atoms with Crippen LogP contribution in [0.25, 0.3) is 0 Å².